The molecular formula is C15H26N2S. The molecule has 0 bridgehead atoms. The van der Waals surface area contributed by atoms with E-state index in [0.717, 1.165) is 25.4 Å². The largest absolute Gasteiger partial charge is 0.312 e. The van der Waals surface area contributed by atoms with E-state index < -0.39 is 0 Å². The van der Waals surface area contributed by atoms with Crippen molar-refractivity contribution >= 4 is 11.8 Å². The predicted octanol–water partition coefficient (Wildman–Crippen LogP) is 3.09. The fraction of sp³-hybridized carbons (Fsp3) is 0.600. The topological polar surface area (TPSA) is 15.3 Å². The van der Waals surface area contributed by atoms with E-state index in [0.29, 0.717) is 5.92 Å². The molecule has 0 spiro atoms. The Labute approximate surface area is 116 Å². The lowest BCUT2D eigenvalue weighted by Crippen LogP contribution is -2.19. The van der Waals surface area contributed by atoms with Gasteiger partial charge in [-0.2, -0.15) is 0 Å². The fourth-order valence-corrected chi connectivity index (χ4v) is 2.80. The predicted molar refractivity (Wildman–Crippen MR) is 82.3 cm³/mol. The van der Waals surface area contributed by atoms with Crippen molar-refractivity contribution in [2.24, 2.45) is 5.92 Å². The summed E-state index contributed by atoms with van der Waals surface area (Å²) in [5, 5.41) is 3.52. The van der Waals surface area contributed by atoms with Crippen molar-refractivity contribution in [3.8, 4) is 0 Å². The van der Waals surface area contributed by atoms with E-state index in [9.17, 15) is 0 Å². The van der Waals surface area contributed by atoms with E-state index in [-0.39, 0.29) is 0 Å². The first kappa shape index (κ1) is 15.5. The molecule has 1 aromatic carbocycles. The van der Waals surface area contributed by atoms with Crippen LogP contribution in [0.25, 0.3) is 0 Å². The van der Waals surface area contributed by atoms with E-state index in [1.807, 2.05) is 11.8 Å². The molecule has 2 nitrogen and oxygen atoms in total. The van der Waals surface area contributed by atoms with Crippen LogP contribution >= 0.6 is 11.8 Å². The number of nitrogens with zero attached hydrogens (tertiary/aromatic N) is 1. The molecule has 0 aromatic heterocycles. The molecule has 0 aliphatic carbocycles. The maximum Gasteiger partial charge on any atom is 0.0216 e. The number of hydrogen-bond acceptors (Lipinski definition) is 3. The van der Waals surface area contributed by atoms with Gasteiger partial charge < -0.3 is 10.2 Å². The molecule has 0 radical (unpaired) electrons. The van der Waals surface area contributed by atoms with E-state index in [4.69, 9.17) is 0 Å². The highest BCUT2D eigenvalue weighted by Gasteiger charge is 2.03. The second kappa shape index (κ2) is 8.57. The average molecular weight is 266 g/mol. The Morgan fingerprint density at radius 2 is 1.94 bits per heavy atom. The second-order valence-corrected chi connectivity index (χ2v) is 6.42. The maximum absolute atomic E-state index is 3.52. The molecule has 0 aliphatic heterocycles. The fourth-order valence-electron chi connectivity index (χ4n) is 1.62. The Hall–Kier alpha value is -0.510. The van der Waals surface area contributed by atoms with Gasteiger partial charge in [0.05, 0.1) is 0 Å². The molecule has 0 atom stereocenters. The molecule has 102 valence electrons. The first-order valence-corrected chi connectivity index (χ1v) is 7.64. The third kappa shape index (κ3) is 6.43. The standard InChI is InChI=1S/C15H26N2S/c1-13(2)11-16-12-14-7-5-6-8-15(14)18-10-9-17(3)4/h5-8,13,16H,9-12H2,1-4H3. The molecule has 1 aromatic rings. The number of rotatable bonds is 8. The summed E-state index contributed by atoms with van der Waals surface area (Å²) in [5.41, 5.74) is 1.42. The van der Waals surface area contributed by atoms with Gasteiger partial charge in [-0.05, 0) is 38.2 Å². The molecule has 1 rings (SSSR count). The molecular weight excluding hydrogens is 240 g/mol. The lowest BCUT2D eigenvalue weighted by Gasteiger charge is -2.13. The first-order valence-electron chi connectivity index (χ1n) is 6.65. The highest BCUT2D eigenvalue weighted by Crippen LogP contribution is 2.22. The summed E-state index contributed by atoms with van der Waals surface area (Å²) in [5.74, 6) is 1.85. The van der Waals surface area contributed by atoms with Gasteiger partial charge in [0.2, 0.25) is 0 Å². The highest BCUT2D eigenvalue weighted by atomic mass is 32.2. The lowest BCUT2D eigenvalue weighted by molar-refractivity contribution is 0.437. The number of benzene rings is 1. The van der Waals surface area contributed by atoms with Crippen LogP contribution in [0.3, 0.4) is 0 Å². The van der Waals surface area contributed by atoms with E-state index in [2.05, 4.69) is 62.4 Å². The molecule has 0 heterocycles. The van der Waals surface area contributed by atoms with E-state index in [1.54, 1.807) is 0 Å². The molecule has 0 fully saturated rings. The smallest absolute Gasteiger partial charge is 0.0216 e. The highest BCUT2D eigenvalue weighted by molar-refractivity contribution is 7.99. The molecule has 0 amide bonds. The Kier molecular flexibility index (Phi) is 7.40. The molecule has 0 aliphatic rings. The van der Waals surface area contributed by atoms with Crippen molar-refractivity contribution in [1.82, 2.24) is 10.2 Å². The summed E-state index contributed by atoms with van der Waals surface area (Å²) in [4.78, 5) is 3.64. The van der Waals surface area contributed by atoms with Crippen LogP contribution in [0.1, 0.15) is 19.4 Å². The van der Waals surface area contributed by atoms with Crippen molar-refractivity contribution in [1.29, 1.82) is 0 Å². The van der Waals surface area contributed by atoms with Gasteiger partial charge in [-0.15, -0.1) is 11.8 Å². The zero-order chi connectivity index (χ0) is 13.4. The van der Waals surface area contributed by atoms with E-state index >= 15 is 0 Å². The summed E-state index contributed by atoms with van der Waals surface area (Å²) in [7, 11) is 4.24. The van der Waals surface area contributed by atoms with Crippen LogP contribution in [-0.2, 0) is 6.54 Å². The van der Waals surface area contributed by atoms with Gasteiger partial charge >= 0.3 is 0 Å². The lowest BCUT2D eigenvalue weighted by atomic mass is 10.2. The van der Waals surface area contributed by atoms with Crippen molar-refractivity contribution in [2.75, 3.05) is 32.9 Å². The Balaban J connectivity index is 2.45. The number of thioether (sulfide) groups is 1. The molecule has 0 saturated carbocycles. The van der Waals surface area contributed by atoms with Gasteiger partial charge in [-0.1, -0.05) is 32.0 Å². The average Bonchev–Trinajstić information content (AvgIpc) is 2.30. The monoisotopic (exact) mass is 266 g/mol. The summed E-state index contributed by atoms with van der Waals surface area (Å²) in [6, 6.07) is 8.71. The van der Waals surface area contributed by atoms with Crippen LogP contribution in [-0.4, -0.2) is 37.8 Å². The molecule has 18 heavy (non-hydrogen) atoms. The molecule has 0 saturated heterocycles. The normalized spacial score (nSPS) is 11.4. The van der Waals surface area contributed by atoms with Crippen molar-refractivity contribution < 1.29 is 0 Å². The van der Waals surface area contributed by atoms with Crippen LogP contribution in [0.2, 0.25) is 0 Å². The maximum atomic E-state index is 3.52. The molecule has 1 N–H and O–H groups in total. The first-order chi connectivity index (χ1) is 8.59. The minimum atomic E-state index is 0.707. The third-order valence-corrected chi connectivity index (χ3v) is 3.73. The summed E-state index contributed by atoms with van der Waals surface area (Å²) >= 11 is 1.95. The van der Waals surface area contributed by atoms with Crippen molar-refractivity contribution in [3.63, 3.8) is 0 Å². The second-order valence-electron chi connectivity index (χ2n) is 5.28. The third-order valence-electron chi connectivity index (χ3n) is 2.64. The SMILES string of the molecule is CC(C)CNCc1ccccc1SCCN(C)C. The Morgan fingerprint density at radius 3 is 2.61 bits per heavy atom. The van der Waals surface area contributed by atoms with Crippen LogP contribution in [0.15, 0.2) is 29.2 Å². The van der Waals surface area contributed by atoms with E-state index in [1.165, 1.54) is 10.5 Å². The van der Waals surface area contributed by atoms with Crippen LogP contribution < -0.4 is 5.32 Å². The summed E-state index contributed by atoms with van der Waals surface area (Å²) in [6.07, 6.45) is 0. The van der Waals surface area contributed by atoms with Crippen LogP contribution in [0, 0.1) is 5.92 Å². The van der Waals surface area contributed by atoms with Gasteiger partial charge in [0.15, 0.2) is 0 Å². The van der Waals surface area contributed by atoms with Crippen LogP contribution in [0.4, 0.5) is 0 Å². The van der Waals surface area contributed by atoms with Gasteiger partial charge in [0.25, 0.3) is 0 Å². The quantitative estimate of drug-likeness (QED) is 0.728. The van der Waals surface area contributed by atoms with Gasteiger partial charge in [-0.25, -0.2) is 0 Å². The minimum Gasteiger partial charge on any atom is -0.312 e. The van der Waals surface area contributed by atoms with Gasteiger partial charge in [0.1, 0.15) is 0 Å². The Morgan fingerprint density at radius 1 is 1.22 bits per heavy atom. The molecule has 0 unspecified atom stereocenters. The zero-order valence-corrected chi connectivity index (χ0v) is 12.9. The summed E-state index contributed by atoms with van der Waals surface area (Å²) < 4.78 is 0. The Bertz CT molecular complexity index is 304. The van der Waals surface area contributed by atoms with Crippen molar-refractivity contribution in [3.05, 3.63) is 29.8 Å². The number of hydrogen-bond donors (Lipinski definition) is 1. The van der Waals surface area contributed by atoms with Gasteiger partial charge in [0, 0.05) is 23.7 Å². The van der Waals surface area contributed by atoms with Gasteiger partial charge in [-0.3, -0.25) is 0 Å². The molecule has 3 heteroatoms. The number of nitrogens with one attached hydrogen (secondary N) is 1. The minimum absolute atomic E-state index is 0.707. The van der Waals surface area contributed by atoms with Crippen LogP contribution in [0.5, 0.6) is 0 Å². The summed E-state index contributed by atoms with van der Waals surface area (Å²) in [6.45, 7) is 7.66. The van der Waals surface area contributed by atoms with Crippen molar-refractivity contribution in [2.45, 2.75) is 25.3 Å². The zero-order valence-electron chi connectivity index (χ0n) is 12.1.